The Morgan fingerprint density at radius 1 is 1.17 bits per heavy atom. The third-order valence-corrected chi connectivity index (χ3v) is 4.54. The SMILES string of the molecule is COc1cccc(C#CCn2cc(CC(OC(C)C)C(=O)O)c3ccccc32)c1. The van der Waals surface area contributed by atoms with Crippen LogP contribution in [-0.4, -0.2) is 35.0 Å². The highest BCUT2D eigenvalue weighted by atomic mass is 16.5. The smallest absolute Gasteiger partial charge is 0.333 e. The molecular weight excluding hydrogens is 366 g/mol. The number of nitrogens with zero attached hydrogens (tertiary/aromatic N) is 1. The van der Waals surface area contributed by atoms with E-state index in [4.69, 9.17) is 9.47 Å². The molecule has 0 saturated carbocycles. The molecule has 0 bridgehead atoms. The number of rotatable bonds is 7. The Hall–Kier alpha value is -3.23. The van der Waals surface area contributed by atoms with Crippen molar-refractivity contribution in [1.29, 1.82) is 0 Å². The molecule has 0 aliphatic rings. The van der Waals surface area contributed by atoms with E-state index in [0.29, 0.717) is 13.0 Å². The predicted molar refractivity (Wildman–Crippen MR) is 113 cm³/mol. The van der Waals surface area contributed by atoms with Crippen molar-refractivity contribution in [2.75, 3.05) is 7.11 Å². The zero-order valence-corrected chi connectivity index (χ0v) is 16.9. The van der Waals surface area contributed by atoms with Gasteiger partial charge in [0, 0.05) is 29.1 Å². The number of aromatic nitrogens is 1. The molecule has 1 aromatic heterocycles. The molecule has 0 saturated heterocycles. The normalized spacial score (nSPS) is 11.9. The van der Waals surface area contributed by atoms with Crippen molar-refractivity contribution < 1.29 is 19.4 Å². The van der Waals surface area contributed by atoms with Crippen molar-refractivity contribution in [3.63, 3.8) is 0 Å². The lowest BCUT2D eigenvalue weighted by molar-refractivity contribution is -0.153. The van der Waals surface area contributed by atoms with Crippen LogP contribution in [0.15, 0.2) is 54.7 Å². The van der Waals surface area contributed by atoms with Crippen LogP contribution in [0.2, 0.25) is 0 Å². The minimum Gasteiger partial charge on any atom is -0.497 e. The molecule has 5 heteroatoms. The van der Waals surface area contributed by atoms with Crippen LogP contribution in [0.1, 0.15) is 25.0 Å². The average molecular weight is 391 g/mol. The first kappa shape index (κ1) is 20.5. The van der Waals surface area contributed by atoms with E-state index in [1.807, 2.05) is 73.1 Å². The first-order valence-electron chi connectivity index (χ1n) is 9.56. The summed E-state index contributed by atoms with van der Waals surface area (Å²) in [6.45, 7) is 4.18. The van der Waals surface area contributed by atoms with E-state index in [9.17, 15) is 9.90 Å². The number of hydrogen-bond acceptors (Lipinski definition) is 3. The van der Waals surface area contributed by atoms with E-state index in [1.165, 1.54) is 0 Å². The summed E-state index contributed by atoms with van der Waals surface area (Å²) in [5, 5.41) is 10.5. The third-order valence-electron chi connectivity index (χ3n) is 4.54. The maximum absolute atomic E-state index is 11.6. The first-order chi connectivity index (χ1) is 14.0. The topological polar surface area (TPSA) is 60.7 Å². The van der Waals surface area contributed by atoms with E-state index in [1.54, 1.807) is 7.11 Å². The van der Waals surface area contributed by atoms with Gasteiger partial charge in [-0.15, -0.1) is 0 Å². The Bertz CT molecular complexity index is 1060. The van der Waals surface area contributed by atoms with Crippen LogP contribution in [0, 0.1) is 11.8 Å². The molecule has 3 aromatic rings. The Morgan fingerprint density at radius 3 is 2.69 bits per heavy atom. The number of aliphatic carboxylic acids is 1. The maximum Gasteiger partial charge on any atom is 0.333 e. The highest BCUT2D eigenvalue weighted by Gasteiger charge is 2.22. The van der Waals surface area contributed by atoms with Crippen molar-refractivity contribution in [1.82, 2.24) is 4.57 Å². The summed E-state index contributed by atoms with van der Waals surface area (Å²) in [6, 6.07) is 15.6. The number of para-hydroxylation sites is 1. The van der Waals surface area contributed by atoms with Crippen molar-refractivity contribution in [3.8, 4) is 17.6 Å². The number of ether oxygens (including phenoxy) is 2. The van der Waals surface area contributed by atoms with Gasteiger partial charge in [-0.25, -0.2) is 4.79 Å². The standard InChI is InChI=1S/C24H25NO4/c1-17(2)29-23(24(26)27)15-19-16-25(22-12-5-4-11-21(19)22)13-7-9-18-8-6-10-20(14-18)28-3/h4-6,8,10-12,14,16-17,23H,13,15H2,1-3H3,(H,26,27). The monoisotopic (exact) mass is 391 g/mol. The highest BCUT2D eigenvalue weighted by Crippen LogP contribution is 2.23. The molecule has 0 aliphatic carbocycles. The Balaban J connectivity index is 1.86. The quantitative estimate of drug-likeness (QED) is 0.616. The van der Waals surface area contributed by atoms with Crippen LogP contribution in [0.25, 0.3) is 10.9 Å². The molecule has 0 fully saturated rings. The van der Waals surface area contributed by atoms with E-state index >= 15 is 0 Å². The first-order valence-corrected chi connectivity index (χ1v) is 9.56. The Morgan fingerprint density at radius 2 is 1.97 bits per heavy atom. The number of hydrogen-bond donors (Lipinski definition) is 1. The van der Waals surface area contributed by atoms with Gasteiger partial charge < -0.3 is 19.1 Å². The number of carboxylic acids is 1. The number of carboxylic acid groups (broad SMARTS) is 1. The van der Waals surface area contributed by atoms with Crippen LogP contribution >= 0.6 is 0 Å². The lowest BCUT2D eigenvalue weighted by atomic mass is 10.1. The fraction of sp³-hybridized carbons (Fsp3) is 0.292. The van der Waals surface area contributed by atoms with Crippen LogP contribution in [0.4, 0.5) is 0 Å². The maximum atomic E-state index is 11.6. The molecular formula is C24H25NO4. The minimum atomic E-state index is -0.951. The predicted octanol–water partition coefficient (Wildman–Crippen LogP) is 4.12. The fourth-order valence-electron chi connectivity index (χ4n) is 3.27. The Labute approximate surface area is 170 Å². The van der Waals surface area contributed by atoms with Gasteiger partial charge >= 0.3 is 5.97 Å². The molecule has 0 aliphatic heterocycles. The molecule has 29 heavy (non-hydrogen) atoms. The summed E-state index contributed by atoms with van der Waals surface area (Å²) < 4.78 is 12.9. The number of carbonyl (C=O) groups is 1. The fourth-order valence-corrected chi connectivity index (χ4v) is 3.27. The Kier molecular flexibility index (Phi) is 6.58. The second kappa shape index (κ2) is 9.31. The second-order valence-electron chi connectivity index (χ2n) is 7.05. The molecule has 0 spiro atoms. The molecule has 0 radical (unpaired) electrons. The van der Waals surface area contributed by atoms with Crippen molar-refractivity contribution >= 4 is 16.9 Å². The van der Waals surface area contributed by atoms with Gasteiger partial charge in [0.15, 0.2) is 6.10 Å². The van der Waals surface area contributed by atoms with Gasteiger partial charge in [0.1, 0.15) is 5.75 Å². The molecule has 3 rings (SSSR count). The average Bonchev–Trinajstić information content (AvgIpc) is 3.05. The number of methoxy groups -OCH3 is 1. The van der Waals surface area contributed by atoms with Gasteiger partial charge in [0.05, 0.1) is 19.8 Å². The molecule has 0 amide bonds. The van der Waals surface area contributed by atoms with E-state index in [0.717, 1.165) is 27.8 Å². The largest absolute Gasteiger partial charge is 0.497 e. The summed E-state index contributed by atoms with van der Waals surface area (Å²) in [4.78, 5) is 11.6. The van der Waals surface area contributed by atoms with Gasteiger partial charge in [-0.2, -0.15) is 0 Å². The van der Waals surface area contributed by atoms with Crippen LogP contribution in [-0.2, 0) is 22.5 Å². The summed E-state index contributed by atoms with van der Waals surface area (Å²) in [6.07, 6.45) is 1.25. The van der Waals surface area contributed by atoms with Crippen LogP contribution in [0.5, 0.6) is 5.75 Å². The minimum absolute atomic E-state index is 0.154. The molecule has 2 aromatic carbocycles. The summed E-state index contributed by atoms with van der Waals surface area (Å²) in [7, 11) is 1.63. The lowest BCUT2D eigenvalue weighted by Gasteiger charge is -2.16. The number of benzene rings is 2. The molecule has 5 nitrogen and oxygen atoms in total. The summed E-state index contributed by atoms with van der Waals surface area (Å²) in [5.74, 6) is 6.17. The van der Waals surface area contributed by atoms with Gasteiger partial charge in [0.2, 0.25) is 0 Å². The van der Waals surface area contributed by atoms with Crippen molar-refractivity contribution in [3.05, 3.63) is 65.9 Å². The van der Waals surface area contributed by atoms with Gasteiger partial charge in [0.25, 0.3) is 0 Å². The van der Waals surface area contributed by atoms with Gasteiger partial charge in [-0.3, -0.25) is 0 Å². The molecule has 1 heterocycles. The zero-order valence-electron chi connectivity index (χ0n) is 16.9. The van der Waals surface area contributed by atoms with Crippen molar-refractivity contribution in [2.24, 2.45) is 0 Å². The van der Waals surface area contributed by atoms with E-state index in [-0.39, 0.29) is 6.10 Å². The number of fused-ring (bicyclic) bond motifs is 1. The van der Waals surface area contributed by atoms with E-state index in [2.05, 4.69) is 11.8 Å². The van der Waals surface area contributed by atoms with Crippen molar-refractivity contribution in [2.45, 2.75) is 39.0 Å². The highest BCUT2D eigenvalue weighted by molar-refractivity contribution is 5.85. The molecule has 1 atom stereocenters. The third kappa shape index (κ3) is 5.18. The molecule has 1 N–H and O–H groups in total. The van der Waals surface area contributed by atoms with Gasteiger partial charge in [-0.1, -0.05) is 36.1 Å². The summed E-state index contributed by atoms with van der Waals surface area (Å²) in [5.41, 5.74) is 2.85. The van der Waals surface area contributed by atoms with Gasteiger partial charge in [-0.05, 0) is 43.7 Å². The van der Waals surface area contributed by atoms with Crippen LogP contribution < -0.4 is 4.74 Å². The van der Waals surface area contributed by atoms with E-state index < -0.39 is 12.1 Å². The second-order valence-corrected chi connectivity index (χ2v) is 7.05. The summed E-state index contributed by atoms with van der Waals surface area (Å²) >= 11 is 0. The molecule has 1 unspecified atom stereocenters. The lowest BCUT2D eigenvalue weighted by Crippen LogP contribution is -2.29. The molecule has 150 valence electrons. The zero-order chi connectivity index (χ0) is 20.8. The van der Waals surface area contributed by atoms with Crippen LogP contribution in [0.3, 0.4) is 0 Å².